The van der Waals surface area contributed by atoms with Crippen molar-refractivity contribution >= 4 is 28.7 Å². The number of hydrogen-bond donors (Lipinski definition) is 3. The van der Waals surface area contributed by atoms with Gasteiger partial charge in [0, 0.05) is 50.9 Å². The molecular formula is C26H35N5O4. The highest BCUT2D eigenvalue weighted by molar-refractivity contribution is 5.91. The number of methoxy groups -OCH3 is 1. The van der Waals surface area contributed by atoms with Crippen molar-refractivity contribution in [3.8, 4) is 11.5 Å². The van der Waals surface area contributed by atoms with E-state index in [0.29, 0.717) is 42.8 Å². The molecule has 3 amide bonds. The molecule has 0 fully saturated rings. The molecule has 0 spiro atoms. The molecule has 0 saturated heterocycles. The lowest BCUT2D eigenvalue weighted by atomic mass is 10.1. The van der Waals surface area contributed by atoms with Crippen LogP contribution in [0, 0.1) is 5.92 Å². The number of nitrogens with one attached hydrogen (secondary N) is 3. The zero-order chi connectivity index (χ0) is 25.4. The Bertz CT molecular complexity index is 1160. The van der Waals surface area contributed by atoms with E-state index in [-0.39, 0.29) is 11.9 Å². The van der Waals surface area contributed by atoms with E-state index in [4.69, 9.17) is 9.47 Å². The first-order valence-electron chi connectivity index (χ1n) is 11.8. The van der Waals surface area contributed by atoms with Gasteiger partial charge in [-0.2, -0.15) is 0 Å². The van der Waals surface area contributed by atoms with Gasteiger partial charge >= 0.3 is 6.03 Å². The number of ether oxygens (including phenoxy) is 2. The van der Waals surface area contributed by atoms with E-state index in [1.165, 1.54) is 6.92 Å². The van der Waals surface area contributed by atoms with Crippen LogP contribution in [0.3, 0.4) is 0 Å². The molecule has 2 heterocycles. The lowest BCUT2D eigenvalue weighted by Crippen LogP contribution is -2.29. The van der Waals surface area contributed by atoms with E-state index in [1.807, 2.05) is 18.3 Å². The van der Waals surface area contributed by atoms with E-state index < -0.39 is 0 Å². The normalized spacial score (nSPS) is 10.9. The van der Waals surface area contributed by atoms with Crippen LogP contribution in [0.4, 0.5) is 10.5 Å². The van der Waals surface area contributed by atoms with Crippen LogP contribution in [-0.4, -0.2) is 47.6 Å². The minimum atomic E-state index is -0.367. The van der Waals surface area contributed by atoms with Gasteiger partial charge in [-0.15, -0.1) is 0 Å². The first-order valence-corrected chi connectivity index (χ1v) is 11.8. The summed E-state index contributed by atoms with van der Waals surface area (Å²) in [6.07, 6.45) is 5.49. The van der Waals surface area contributed by atoms with Crippen molar-refractivity contribution in [3.63, 3.8) is 0 Å². The van der Waals surface area contributed by atoms with E-state index >= 15 is 0 Å². The van der Waals surface area contributed by atoms with Gasteiger partial charge in [-0.3, -0.25) is 4.79 Å². The molecule has 9 nitrogen and oxygen atoms in total. The number of amides is 3. The number of urea groups is 1. The number of fused-ring (bicyclic) bond motifs is 1. The predicted molar refractivity (Wildman–Crippen MR) is 137 cm³/mol. The molecule has 0 aliphatic heterocycles. The molecule has 188 valence electrons. The first-order chi connectivity index (χ1) is 16.8. The second-order valence-corrected chi connectivity index (χ2v) is 8.94. The third-order valence-corrected chi connectivity index (χ3v) is 5.76. The SMILES string of the molecule is COc1cc(CN(C)C(C)=O)c(NC(=O)NCc2ccnc3[nH]ccc23)cc1OCCCC(C)C. The molecule has 0 aliphatic rings. The number of H-pyrrole nitrogens is 1. The smallest absolute Gasteiger partial charge is 0.319 e. The van der Waals surface area contributed by atoms with Crippen LogP contribution in [0.15, 0.2) is 36.7 Å². The molecule has 3 N–H and O–H groups in total. The van der Waals surface area contributed by atoms with Gasteiger partial charge in [0.25, 0.3) is 0 Å². The summed E-state index contributed by atoms with van der Waals surface area (Å²) >= 11 is 0. The zero-order valence-corrected chi connectivity index (χ0v) is 21.1. The van der Waals surface area contributed by atoms with Crippen LogP contribution in [0.2, 0.25) is 0 Å². The molecule has 0 bridgehead atoms. The molecule has 0 unspecified atom stereocenters. The van der Waals surface area contributed by atoms with Crippen LogP contribution in [-0.2, 0) is 17.9 Å². The second kappa shape index (κ2) is 12.1. The molecule has 3 aromatic rings. The fourth-order valence-corrected chi connectivity index (χ4v) is 3.68. The lowest BCUT2D eigenvalue weighted by Gasteiger charge is -2.21. The van der Waals surface area contributed by atoms with E-state index in [2.05, 4.69) is 34.4 Å². The van der Waals surface area contributed by atoms with Gasteiger partial charge in [0.05, 0.1) is 19.4 Å². The topological polar surface area (TPSA) is 109 Å². The third kappa shape index (κ3) is 7.11. The summed E-state index contributed by atoms with van der Waals surface area (Å²) in [5, 5.41) is 6.78. The molecule has 0 atom stereocenters. The van der Waals surface area contributed by atoms with Gasteiger partial charge in [0.1, 0.15) is 5.65 Å². The minimum Gasteiger partial charge on any atom is -0.493 e. The van der Waals surface area contributed by atoms with Crippen molar-refractivity contribution in [3.05, 3.63) is 47.8 Å². The van der Waals surface area contributed by atoms with Crippen LogP contribution in [0.5, 0.6) is 11.5 Å². The number of rotatable bonds is 11. The Hall–Kier alpha value is -3.75. The summed E-state index contributed by atoms with van der Waals surface area (Å²) in [7, 11) is 3.28. The highest BCUT2D eigenvalue weighted by Gasteiger charge is 2.17. The highest BCUT2D eigenvalue weighted by Crippen LogP contribution is 2.34. The van der Waals surface area contributed by atoms with Crippen molar-refractivity contribution in [2.45, 2.75) is 46.7 Å². The predicted octanol–water partition coefficient (Wildman–Crippen LogP) is 4.69. The van der Waals surface area contributed by atoms with Crippen molar-refractivity contribution in [2.24, 2.45) is 5.92 Å². The van der Waals surface area contributed by atoms with Crippen LogP contribution >= 0.6 is 0 Å². The highest BCUT2D eigenvalue weighted by atomic mass is 16.5. The Morgan fingerprint density at radius 3 is 2.69 bits per heavy atom. The summed E-state index contributed by atoms with van der Waals surface area (Å²) < 4.78 is 11.5. The summed E-state index contributed by atoms with van der Waals surface area (Å²) in [5.41, 5.74) is 3.01. The number of pyridine rings is 1. The standard InChI is InChI=1S/C26H35N5O4/c1-17(2)7-6-12-35-24-14-22(20(13-23(24)34-5)16-31(4)18(3)32)30-26(33)29-15-19-8-10-27-25-21(19)9-11-28-25/h8-11,13-14,17H,6-7,12,15-16H2,1-5H3,(H,27,28)(H2,29,30,33). The van der Waals surface area contributed by atoms with Crippen molar-refractivity contribution < 1.29 is 19.1 Å². The van der Waals surface area contributed by atoms with Gasteiger partial charge in [-0.1, -0.05) is 13.8 Å². The Kier molecular flexibility index (Phi) is 8.94. The number of aromatic amines is 1. The van der Waals surface area contributed by atoms with Crippen molar-refractivity contribution in [1.29, 1.82) is 0 Å². The summed E-state index contributed by atoms with van der Waals surface area (Å²) in [5.74, 6) is 1.61. The zero-order valence-electron chi connectivity index (χ0n) is 21.1. The van der Waals surface area contributed by atoms with Gasteiger partial charge in [0.15, 0.2) is 11.5 Å². The number of nitrogens with zero attached hydrogens (tertiary/aromatic N) is 2. The molecule has 0 radical (unpaired) electrons. The van der Waals surface area contributed by atoms with Crippen molar-refractivity contribution in [2.75, 3.05) is 26.1 Å². The van der Waals surface area contributed by atoms with Crippen LogP contribution in [0.25, 0.3) is 11.0 Å². The number of benzene rings is 1. The number of hydrogen-bond acceptors (Lipinski definition) is 5. The van der Waals surface area contributed by atoms with Gasteiger partial charge in [0.2, 0.25) is 5.91 Å². The first kappa shape index (κ1) is 25.9. The fourth-order valence-electron chi connectivity index (χ4n) is 3.68. The van der Waals surface area contributed by atoms with E-state index in [1.54, 1.807) is 37.4 Å². The number of carbonyl (C=O) groups excluding carboxylic acids is 2. The van der Waals surface area contributed by atoms with Crippen molar-refractivity contribution in [1.82, 2.24) is 20.2 Å². The third-order valence-electron chi connectivity index (χ3n) is 5.76. The Morgan fingerprint density at radius 2 is 1.97 bits per heavy atom. The Balaban J connectivity index is 1.77. The minimum absolute atomic E-state index is 0.0819. The average Bonchev–Trinajstić information content (AvgIpc) is 3.31. The summed E-state index contributed by atoms with van der Waals surface area (Å²) in [6.45, 7) is 7.04. The number of anilines is 1. The van der Waals surface area contributed by atoms with Gasteiger partial charge < -0.3 is 30.0 Å². The monoisotopic (exact) mass is 481 g/mol. The molecule has 2 aromatic heterocycles. The molecule has 0 aliphatic carbocycles. The Morgan fingerprint density at radius 1 is 1.17 bits per heavy atom. The van der Waals surface area contributed by atoms with Gasteiger partial charge in [-0.05, 0) is 48.1 Å². The number of aromatic nitrogens is 2. The molecule has 0 saturated carbocycles. The summed E-state index contributed by atoms with van der Waals surface area (Å²) in [6, 6.07) is 7.00. The maximum atomic E-state index is 12.8. The van der Waals surface area contributed by atoms with E-state index in [9.17, 15) is 9.59 Å². The largest absolute Gasteiger partial charge is 0.493 e. The summed E-state index contributed by atoms with van der Waals surface area (Å²) in [4.78, 5) is 33.6. The second-order valence-electron chi connectivity index (χ2n) is 8.94. The maximum absolute atomic E-state index is 12.8. The maximum Gasteiger partial charge on any atom is 0.319 e. The quantitative estimate of drug-likeness (QED) is 0.345. The van der Waals surface area contributed by atoms with E-state index in [0.717, 1.165) is 35.0 Å². The molecule has 1 aromatic carbocycles. The molecule has 3 rings (SSSR count). The molecule has 35 heavy (non-hydrogen) atoms. The van der Waals surface area contributed by atoms with Gasteiger partial charge in [-0.25, -0.2) is 9.78 Å². The van der Waals surface area contributed by atoms with Crippen LogP contribution < -0.4 is 20.1 Å². The fraction of sp³-hybridized carbons (Fsp3) is 0.423. The molecular weight excluding hydrogens is 446 g/mol. The average molecular weight is 482 g/mol. The number of carbonyl (C=O) groups is 2. The van der Waals surface area contributed by atoms with Crippen LogP contribution in [0.1, 0.15) is 44.7 Å². The Labute approximate surface area is 206 Å². The lowest BCUT2D eigenvalue weighted by molar-refractivity contribution is -0.128. The molecule has 9 heteroatoms.